The summed E-state index contributed by atoms with van der Waals surface area (Å²) in [4.78, 5) is 11.9. The minimum atomic E-state index is -0.0497. The van der Waals surface area contributed by atoms with Gasteiger partial charge in [0, 0.05) is 11.0 Å². The van der Waals surface area contributed by atoms with Gasteiger partial charge in [-0.2, -0.15) is 0 Å². The van der Waals surface area contributed by atoms with Crippen molar-refractivity contribution in [1.29, 1.82) is 0 Å². The predicted octanol–water partition coefficient (Wildman–Crippen LogP) is 4.61. The van der Waals surface area contributed by atoms with Crippen LogP contribution in [0, 0.1) is 0 Å². The monoisotopic (exact) mass is 371 g/mol. The van der Waals surface area contributed by atoms with Gasteiger partial charge in [-0.05, 0) is 35.4 Å². The molecule has 20 heavy (non-hydrogen) atoms. The molecule has 0 heterocycles. The molecule has 5 heteroatoms. The zero-order valence-electron chi connectivity index (χ0n) is 10.5. The zero-order valence-corrected chi connectivity index (χ0v) is 13.6. The van der Waals surface area contributed by atoms with Crippen LogP contribution < -0.4 is 5.32 Å². The molecule has 2 aromatic carbocycles. The van der Waals surface area contributed by atoms with E-state index in [1.165, 1.54) is 0 Å². The number of carbonyl (C=O) groups is 1. The maximum absolute atomic E-state index is 11.9. The van der Waals surface area contributed by atoms with Gasteiger partial charge in [-0.3, -0.25) is 4.79 Å². The molecule has 0 saturated carbocycles. The molecule has 0 radical (unpaired) electrons. The first-order valence-corrected chi connectivity index (χ1v) is 7.54. The van der Waals surface area contributed by atoms with Crippen molar-refractivity contribution in [1.82, 2.24) is 5.32 Å². The summed E-state index contributed by atoms with van der Waals surface area (Å²) < 4.78 is 1.02. The molecule has 0 spiro atoms. The van der Waals surface area contributed by atoms with E-state index >= 15 is 0 Å². The summed E-state index contributed by atoms with van der Waals surface area (Å²) in [6.45, 7) is 0.507. The van der Waals surface area contributed by atoms with E-state index < -0.39 is 0 Å². The van der Waals surface area contributed by atoms with Crippen LogP contribution in [0.4, 0.5) is 0 Å². The second kappa shape index (κ2) is 7.11. The van der Waals surface area contributed by atoms with Crippen LogP contribution in [0.5, 0.6) is 0 Å². The first-order valence-electron chi connectivity index (χ1n) is 5.99. The predicted molar refractivity (Wildman–Crippen MR) is 86.2 cm³/mol. The molecule has 1 amide bonds. The Hall–Kier alpha value is -1.03. The van der Waals surface area contributed by atoms with Gasteiger partial charge >= 0.3 is 0 Å². The van der Waals surface area contributed by atoms with Crippen molar-refractivity contribution in [3.05, 3.63) is 68.1 Å². The van der Waals surface area contributed by atoms with Crippen LogP contribution in [0.1, 0.15) is 11.1 Å². The molecule has 0 bridgehead atoms. The highest BCUT2D eigenvalue weighted by Crippen LogP contribution is 2.22. The average molecular weight is 373 g/mol. The van der Waals surface area contributed by atoms with E-state index in [4.69, 9.17) is 23.2 Å². The summed E-state index contributed by atoms with van der Waals surface area (Å²) in [6.07, 6.45) is 0.285. The molecule has 0 unspecified atom stereocenters. The van der Waals surface area contributed by atoms with Gasteiger partial charge in [0.1, 0.15) is 0 Å². The fourth-order valence-electron chi connectivity index (χ4n) is 1.70. The third-order valence-corrected chi connectivity index (χ3v) is 4.02. The fourth-order valence-corrected chi connectivity index (χ4v) is 2.29. The Labute approximate surface area is 136 Å². The third-order valence-electron chi connectivity index (χ3n) is 2.75. The van der Waals surface area contributed by atoms with Crippen molar-refractivity contribution in [2.75, 3.05) is 0 Å². The van der Waals surface area contributed by atoms with Gasteiger partial charge in [-0.25, -0.2) is 0 Å². The summed E-state index contributed by atoms with van der Waals surface area (Å²) in [5.41, 5.74) is 1.89. The van der Waals surface area contributed by atoms with Crippen LogP contribution in [0.25, 0.3) is 0 Å². The van der Waals surface area contributed by atoms with Crippen LogP contribution in [0.3, 0.4) is 0 Å². The molecule has 0 aliphatic rings. The van der Waals surface area contributed by atoms with E-state index in [0.717, 1.165) is 15.6 Å². The first kappa shape index (κ1) is 15.4. The molecule has 2 nitrogen and oxygen atoms in total. The van der Waals surface area contributed by atoms with E-state index in [1.807, 2.05) is 24.3 Å². The van der Waals surface area contributed by atoms with Gasteiger partial charge in [-0.15, -0.1) is 0 Å². The molecular weight excluding hydrogens is 361 g/mol. The molecule has 0 saturated heterocycles. The maximum Gasteiger partial charge on any atom is 0.224 e. The Balaban J connectivity index is 1.89. The second-order valence-electron chi connectivity index (χ2n) is 4.33. The number of halogens is 3. The normalized spacial score (nSPS) is 10.3. The SMILES string of the molecule is O=C(Cc1ccc(Cl)c(Cl)c1)NCc1ccc(Br)cc1. The lowest BCUT2D eigenvalue weighted by Crippen LogP contribution is -2.24. The van der Waals surface area contributed by atoms with Crippen molar-refractivity contribution in [2.45, 2.75) is 13.0 Å². The van der Waals surface area contributed by atoms with Gasteiger partial charge in [-0.1, -0.05) is 57.3 Å². The van der Waals surface area contributed by atoms with Crippen molar-refractivity contribution >= 4 is 45.0 Å². The molecule has 104 valence electrons. The number of amides is 1. The van der Waals surface area contributed by atoms with Gasteiger partial charge in [0.25, 0.3) is 0 Å². The summed E-state index contributed by atoms with van der Waals surface area (Å²) >= 11 is 15.1. The molecule has 2 aromatic rings. The number of benzene rings is 2. The highest BCUT2D eigenvalue weighted by Gasteiger charge is 2.05. The molecule has 1 N–H and O–H groups in total. The Morgan fingerprint density at radius 1 is 1.00 bits per heavy atom. The van der Waals surface area contributed by atoms with Crippen molar-refractivity contribution in [3.63, 3.8) is 0 Å². The summed E-state index contributed by atoms with van der Waals surface area (Å²) in [6, 6.07) is 13.0. The number of carbonyl (C=O) groups excluding carboxylic acids is 1. The molecular formula is C15H12BrCl2NO. The number of hydrogen-bond acceptors (Lipinski definition) is 1. The minimum absolute atomic E-state index is 0.0497. The van der Waals surface area contributed by atoms with Crippen LogP contribution in [-0.4, -0.2) is 5.91 Å². The van der Waals surface area contributed by atoms with Crippen molar-refractivity contribution in [2.24, 2.45) is 0 Å². The maximum atomic E-state index is 11.9. The van der Waals surface area contributed by atoms with Crippen LogP contribution in [-0.2, 0) is 17.8 Å². The van der Waals surface area contributed by atoms with Gasteiger partial charge in [0.2, 0.25) is 5.91 Å². The number of hydrogen-bond donors (Lipinski definition) is 1. The van der Waals surface area contributed by atoms with Crippen molar-refractivity contribution < 1.29 is 4.79 Å². The van der Waals surface area contributed by atoms with Gasteiger partial charge in [0.15, 0.2) is 0 Å². The van der Waals surface area contributed by atoms with Crippen molar-refractivity contribution in [3.8, 4) is 0 Å². The standard InChI is InChI=1S/C15H12BrCl2NO/c16-12-4-1-10(2-5-12)9-19-15(20)8-11-3-6-13(17)14(18)7-11/h1-7H,8-9H2,(H,19,20). The molecule has 2 rings (SSSR count). The lowest BCUT2D eigenvalue weighted by molar-refractivity contribution is -0.120. The Morgan fingerprint density at radius 3 is 2.30 bits per heavy atom. The minimum Gasteiger partial charge on any atom is -0.352 e. The van der Waals surface area contributed by atoms with Crippen LogP contribution >= 0.6 is 39.1 Å². The topological polar surface area (TPSA) is 29.1 Å². The van der Waals surface area contributed by atoms with Gasteiger partial charge in [0.05, 0.1) is 16.5 Å². The van der Waals surface area contributed by atoms with E-state index in [-0.39, 0.29) is 12.3 Å². The first-order chi connectivity index (χ1) is 9.54. The smallest absolute Gasteiger partial charge is 0.224 e. The Morgan fingerprint density at radius 2 is 1.65 bits per heavy atom. The summed E-state index contributed by atoms with van der Waals surface area (Å²) in [7, 11) is 0. The van der Waals surface area contributed by atoms with E-state index in [0.29, 0.717) is 16.6 Å². The molecule has 0 fully saturated rings. The lowest BCUT2D eigenvalue weighted by atomic mass is 10.1. The van der Waals surface area contributed by atoms with Crippen LogP contribution in [0.2, 0.25) is 10.0 Å². The lowest BCUT2D eigenvalue weighted by Gasteiger charge is -2.06. The summed E-state index contributed by atoms with van der Waals surface area (Å²) in [5.74, 6) is -0.0497. The third kappa shape index (κ3) is 4.51. The van der Waals surface area contributed by atoms with E-state index in [1.54, 1.807) is 18.2 Å². The largest absolute Gasteiger partial charge is 0.352 e. The quantitative estimate of drug-likeness (QED) is 0.833. The van der Waals surface area contributed by atoms with Gasteiger partial charge < -0.3 is 5.32 Å². The highest BCUT2D eigenvalue weighted by molar-refractivity contribution is 9.10. The zero-order chi connectivity index (χ0) is 14.5. The highest BCUT2D eigenvalue weighted by atomic mass is 79.9. The second-order valence-corrected chi connectivity index (χ2v) is 6.06. The van der Waals surface area contributed by atoms with E-state index in [9.17, 15) is 4.79 Å². The average Bonchev–Trinajstić information content (AvgIpc) is 2.42. The Kier molecular flexibility index (Phi) is 5.46. The number of nitrogens with one attached hydrogen (secondary N) is 1. The van der Waals surface area contributed by atoms with E-state index in [2.05, 4.69) is 21.2 Å². The summed E-state index contributed by atoms with van der Waals surface area (Å²) in [5, 5.41) is 3.82. The molecule has 0 atom stereocenters. The number of rotatable bonds is 4. The molecule has 0 aliphatic heterocycles. The van der Waals surface area contributed by atoms with Crippen LogP contribution in [0.15, 0.2) is 46.9 Å². The fraction of sp³-hybridized carbons (Fsp3) is 0.133. The Bertz CT molecular complexity index is 614. The molecule has 0 aliphatic carbocycles. The molecule has 0 aromatic heterocycles.